The zero-order valence-electron chi connectivity index (χ0n) is 13.0. The third-order valence-electron chi connectivity index (χ3n) is 4.19. The zero-order chi connectivity index (χ0) is 14.7. The van der Waals surface area contributed by atoms with E-state index in [9.17, 15) is 0 Å². The molecule has 1 N–H and O–H groups in total. The molecule has 3 heteroatoms. The summed E-state index contributed by atoms with van der Waals surface area (Å²) in [5.41, 5.74) is 2.54. The summed E-state index contributed by atoms with van der Waals surface area (Å²) in [6.07, 6.45) is 2.02. The fourth-order valence-electron chi connectivity index (χ4n) is 2.67. The van der Waals surface area contributed by atoms with Crippen molar-refractivity contribution in [1.29, 1.82) is 0 Å². The minimum atomic E-state index is 0.545. The molecule has 2 atom stereocenters. The average Bonchev–Trinajstić information content (AvgIpc) is 2.83. The maximum absolute atomic E-state index is 6.23. The van der Waals surface area contributed by atoms with Crippen LogP contribution in [-0.4, -0.2) is 19.2 Å². The molecule has 0 saturated heterocycles. The molecule has 0 aliphatic carbocycles. The van der Waals surface area contributed by atoms with E-state index in [0.717, 1.165) is 36.8 Å². The summed E-state index contributed by atoms with van der Waals surface area (Å²) in [4.78, 5) is 0. The largest absolute Gasteiger partial charge is 0.493 e. The normalized spacial score (nSPS) is 16.9. The summed E-state index contributed by atoms with van der Waals surface area (Å²) >= 11 is 6.23. The van der Waals surface area contributed by atoms with Gasteiger partial charge in [-0.25, -0.2) is 0 Å². The van der Waals surface area contributed by atoms with Gasteiger partial charge in [0.05, 0.1) is 6.61 Å². The van der Waals surface area contributed by atoms with Crippen molar-refractivity contribution in [2.75, 3.05) is 13.2 Å². The number of nitrogens with one attached hydrogen (secondary N) is 1. The molecule has 1 heterocycles. The van der Waals surface area contributed by atoms with Crippen molar-refractivity contribution in [2.24, 2.45) is 11.8 Å². The van der Waals surface area contributed by atoms with Gasteiger partial charge in [-0.3, -0.25) is 0 Å². The summed E-state index contributed by atoms with van der Waals surface area (Å²) < 4.78 is 5.79. The lowest BCUT2D eigenvalue weighted by Gasteiger charge is -2.22. The molecule has 2 rings (SSSR count). The van der Waals surface area contributed by atoms with Gasteiger partial charge < -0.3 is 10.1 Å². The van der Waals surface area contributed by atoms with E-state index in [1.54, 1.807) is 0 Å². The van der Waals surface area contributed by atoms with Crippen molar-refractivity contribution in [3.05, 3.63) is 28.3 Å². The van der Waals surface area contributed by atoms with Crippen LogP contribution in [0.2, 0.25) is 5.02 Å². The van der Waals surface area contributed by atoms with Gasteiger partial charge in [0.2, 0.25) is 0 Å². The molecule has 2 nitrogen and oxygen atoms in total. The van der Waals surface area contributed by atoms with Gasteiger partial charge >= 0.3 is 0 Å². The highest BCUT2D eigenvalue weighted by Gasteiger charge is 2.21. The van der Waals surface area contributed by atoms with Crippen LogP contribution >= 0.6 is 11.6 Å². The number of benzene rings is 1. The van der Waals surface area contributed by atoms with Crippen LogP contribution < -0.4 is 10.1 Å². The van der Waals surface area contributed by atoms with E-state index in [0.29, 0.717) is 17.9 Å². The van der Waals surface area contributed by atoms with Gasteiger partial charge in [0.15, 0.2) is 0 Å². The predicted octanol–water partition coefficient (Wildman–Crippen LogP) is 4.09. The number of rotatable bonds is 6. The van der Waals surface area contributed by atoms with E-state index in [-0.39, 0.29) is 0 Å². The van der Waals surface area contributed by atoms with Crippen molar-refractivity contribution in [3.63, 3.8) is 0 Å². The molecule has 1 aliphatic rings. The Labute approximate surface area is 127 Å². The molecule has 112 valence electrons. The van der Waals surface area contributed by atoms with Crippen molar-refractivity contribution in [2.45, 2.75) is 46.6 Å². The second-order valence-electron chi connectivity index (χ2n) is 6.37. The van der Waals surface area contributed by atoms with Gasteiger partial charge in [-0.05, 0) is 48.1 Å². The van der Waals surface area contributed by atoms with E-state index in [1.165, 1.54) is 11.1 Å². The van der Waals surface area contributed by atoms with Crippen molar-refractivity contribution < 1.29 is 4.74 Å². The maximum atomic E-state index is 6.23. The van der Waals surface area contributed by atoms with E-state index in [1.807, 2.05) is 6.07 Å². The molecule has 0 radical (unpaired) electrons. The summed E-state index contributed by atoms with van der Waals surface area (Å²) in [6, 6.07) is 4.66. The molecule has 0 aromatic heterocycles. The molecular weight excluding hydrogens is 270 g/mol. The van der Waals surface area contributed by atoms with Crippen molar-refractivity contribution in [1.82, 2.24) is 5.32 Å². The topological polar surface area (TPSA) is 21.3 Å². The highest BCUT2D eigenvalue weighted by atomic mass is 35.5. The first-order valence-electron chi connectivity index (χ1n) is 7.65. The predicted molar refractivity (Wildman–Crippen MR) is 85.8 cm³/mol. The lowest BCUT2D eigenvalue weighted by atomic mass is 9.88. The number of halogens is 1. The third kappa shape index (κ3) is 3.89. The van der Waals surface area contributed by atoms with Crippen LogP contribution in [0, 0.1) is 11.8 Å². The first-order chi connectivity index (χ1) is 9.47. The molecule has 0 fully saturated rings. The second kappa shape index (κ2) is 6.82. The fraction of sp³-hybridized carbons (Fsp3) is 0.647. The molecular formula is C17H26ClNO. The Bertz CT molecular complexity index is 459. The van der Waals surface area contributed by atoms with Gasteiger partial charge in [-0.15, -0.1) is 0 Å². The summed E-state index contributed by atoms with van der Waals surface area (Å²) in [6.45, 7) is 10.9. The van der Waals surface area contributed by atoms with Gasteiger partial charge in [0.25, 0.3) is 0 Å². The molecule has 1 aliphatic heterocycles. The summed E-state index contributed by atoms with van der Waals surface area (Å²) in [7, 11) is 0. The average molecular weight is 296 g/mol. The second-order valence-corrected chi connectivity index (χ2v) is 6.81. The molecule has 0 amide bonds. The standard InChI is InChI=1S/C17H26ClNO/c1-11(2)19-10-13(4)12(3)7-15-9-16(18)8-14-5-6-20-17(14)15/h8-9,11-13,19H,5-7,10H2,1-4H3. The van der Waals surface area contributed by atoms with E-state index < -0.39 is 0 Å². The van der Waals surface area contributed by atoms with Crippen LogP contribution in [-0.2, 0) is 12.8 Å². The molecule has 0 bridgehead atoms. The van der Waals surface area contributed by atoms with E-state index in [4.69, 9.17) is 16.3 Å². The SMILES string of the molecule is CC(C)NCC(C)C(C)Cc1cc(Cl)cc2c1OCC2. The Kier molecular flexibility index (Phi) is 5.34. The fourth-order valence-corrected chi connectivity index (χ4v) is 2.93. The van der Waals surface area contributed by atoms with Crippen molar-refractivity contribution in [3.8, 4) is 5.75 Å². The summed E-state index contributed by atoms with van der Waals surface area (Å²) in [5.74, 6) is 2.33. The number of hydrogen-bond acceptors (Lipinski definition) is 2. The smallest absolute Gasteiger partial charge is 0.125 e. The van der Waals surface area contributed by atoms with Crippen LogP contribution in [0.5, 0.6) is 5.75 Å². The Morgan fingerprint density at radius 2 is 1.95 bits per heavy atom. The molecule has 1 aromatic rings. The minimum absolute atomic E-state index is 0.545. The van der Waals surface area contributed by atoms with Crippen LogP contribution in [0.25, 0.3) is 0 Å². The molecule has 0 spiro atoms. The highest BCUT2D eigenvalue weighted by molar-refractivity contribution is 6.30. The molecule has 0 saturated carbocycles. The van der Waals surface area contributed by atoms with Crippen LogP contribution in [0.1, 0.15) is 38.8 Å². The number of fused-ring (bicyclic) bond motifs is 1. The Morgan fingerprint density at radius 1 is 1.20 bits per heavy atom. The zero-order valence-corrected chi connectivity index (χ0v) is 13.8. The van der Waals surface area contributed by atoms with Crippen LogP contribution in [0.4, 0.5) is 0 Å². The van der Waals surface area contributed by atoms with Gasteiger partial charge in [0.1, 0.15) is 5.75 Å². The number of ether oxygens (including phenoxy) is 1. The molecule has 20 heavy (non-hydrogen) atoms. The monoisotopic (exact) mass is 295 g/mol. The molecule has 1 aromatic carbocycles. The Morgan fingerprint density at radius 3 is 2.65 bits per heavy atom. The van der Waals surface area contributed by atoms with E-state index in [2.05, 4.69) is 39.1 Å². The van der Waals surface area contributed by atoms with Gasteiger partial charge in [-0.1, -0.05) is 39.3 Å². The first-order valence-corrected chi connectivity index (χ1v) is 8.02. The molecule has 2 unspecified atom stereocenters. The minimum Gasteiger partial charge on any atom is -0.493 e. The van der Waals surface area contributed by atoms with Crippen molar-refractivity contribution >= 4 is 11.6 Å². The number of hydrogen-bond donors (Lipinski definition) is 1. The summed E-state index contributed by atoms with van der Waals surface area (Å²) in [5, 5.41) is 4.36. The van der Waals surface area contributed by atoms with Gasteiger partial charge in [-0.2, -0.15) is 0 Å². The highest BCUT2D eigenvalue weighted by Crippen LogP contribution is 2.35. The first kappa shape index (κ1) is 15.7. The van der Waals surface area contributed by atoms with E-state index >= 15 is 0 Å². The van der Waals surface area contributed by atoms with Gasteiger partial charge in [0, 0.05) is 17.5 Å². The third-order valence-corrected chi connectivity index (χ3v) is 4.40. The quantitative estimate of drug-likeness (QED) is 0.853. The van der Waals surface area contributed by atoms with Crippen LogP contribution in [0.15, 0.2) is 12.1 Å². The Hall–Kier alpha value is -0.730. The maximum Gasteiger partial charge on any atom is 0.125 e. The lowest BCUT2D eigenvalue weighted by Crippen LogP contribution is -2.31. The van der Waals surface area contributed by atoms with Crippen LogP contribution in [0.3, 0.4) is 0 Å². The Balaban J connectivity index is 2.02. The lowest BCUT2D eigenvalue weighted by molar-refractivity contribution is 0.334.